The Bertz CT molecular complexity index is 572. The molecule has 0 aliphatic carbocycles. The summed E-state index contributed by atoms with van der Waals surface area (Å²) in [5.74, 6) is -0.732. The molecular weight excluding hydrogens is 298 g/mol. The lowest BCUT2D eigenvalue weighted by Crippen LogP contribution is -2.37. The van der Waals surface area contributed by atoms with Gasteiger partial charge in [0.05, 0.1) is 30.8 Å². The number of nitrogens with zero attached hydrogens (tertiary/aromatic N) is 1. The molecule has 0 atom stereocenters. The SMILES string of the molecule is COCCN(CCO)S(=O)(=O)c1ccccc1C(=O)OC. The fourth-order valence-electron chi connectivity index (χ4n) is 1.77. The Morgan fingerprint density at radius 2 is 1.90 bits per heavy atom. The summed E-state index contributed by atoms with van der Waals surface area (Å²) in [7, 11) is -1.30. The van der Waals surface area contributed by atoms with E-state index in [1.165, 1.54) is 32.4 Å². The molecule has 21 heavy (non-hydrogen) atoms. The summed E-state index contributed by atoms with van der Waals surface area (Å²) in [6, 6.07) is 5.79. The number of esters is 1. The molecule has 0 fully saturated rings. The predicted octanol–water partition coefficient (Wildman–Crippen LogP) is 0.103. The summed E-state index contributed by atoms with van der Waals surface area (Å²) in [6.07, 6.45) is 0. The van der Waals surface area contributed by atoms with Crippen LogP contribution in [0.15, 0.2) is 29.2 Å². The van der Waals surface area contributed by atoms with Crippen molar-refractivity contribution >= 4 is 16.0 Å². The topological polar surface area (TPSA) is 93.1 Å². The van der Waals surface area contributed by atoms with Gasteiger partial charge in [-0.15, -0.1) is 0 Å². The fourth-order valence-corrected chi connectivity index (χ4v) is 3.36. The third kappa shape index (κ3) is 4.24. The van der Waals surface area contributed by atoms with Crippen LogP contribution in [0.1, 0.15) is 10.4 Å². The number of hydrogen-bond donors (Lipinski definition) is 1. The van der Waals surface area contributed by atoms with E-state index >= 15 is 0 Å². The van der Waals surface area contributed by atoms with Crippen LogP contribution in [0.3, 0.4) is 0 Å². The molecule has 1 aromatic rings. The molecule has 0 bridgehead atoms. The highest BCUT2D eigenvalue weighted by Gasteiger charge is 2.28. The molecule has 0 saturated carbocycles. The van der Waals surface area contributed by atoms with Crippen molar-refractivity contribution in [2.45, 2.75) is 4.90 Å². The first kappa shape index (κ1) is 17.6. The second kappa shape index (κ2) is 8.08. The molecule has 0 saturated heterocycles. The van der Waals surface area contributed by atoms with Crippen LogP contribution < -0.4 is 0 Å². The first-order valence-corrected chi connectivity index (χ1v) is 7.70. The molecular formula is C13H19NO6S. The Hall–Kier alpha value is -1.48. The summed E-state index contributed by atoms with van der Waals surface area (Å²) in [5.41, 5.74) is -0.0413. The van der Waals surface area contributed by atoms with Crippen molar-refractivity contribution in [3.05, 3.63) is 29.8 Å². The Kier molecular flexibility index (Phi) is 6.76. The smallest absolute Gasteiger partial charge is 0.339 e. The average molecular weight is 317 g/mol. The van der Waals surface area contributed by atoms with E-state index in [9.17, 15) is 13.2 Å². The van der Waals surface area contributed by atoms with Crippen LogP contribution in [0, 0.1) is 0 Å². The van der Waals surface area contributed by atoms with Crippen molar-refractivity contribution in [3.8, 4) is 0 Å². The van der Waals surface area contributed by atoms with Gasteiger partial charge in [-0.05, 0) is 12.1 Å². The maximum atomic E-state index is 12.6. The molecule has 1 aromatic carbocycles. The van der Waals surface area contributed by atoms with E-state index in [0.29, 0.717) is 0 Å². The number of benzene rings is 1. The largest absolute Gasteiger partial charge is 0.465 e. The van der Waals surface area contributed by atoms with E-state index in [4.69, 9.17) is 9.84 Å². The second-order valence-corrected chi connectivity index (χ2v) is 6.01. The molecule has 0 aromatic heterocycles. The molecule has 0 amide bonds. The molecule has 0 radical (unpaired) electrons. The minimum atomic E-state index is -3.93. The Morgan fingerprint density at radius 3 is 2.48 bits per heavy atom. The summed E-state index contributed by atoms with van der Waals surface area (Å²) in [6.45, 7) is -0.154. The third-order valence-corrected chi connectivity index (χ3v) is 4.76. The average Bonchev–Trinajstić information content (AvgIpc) is 2.50. The van der Waals surface area contributed by atoms with Gasteiger partial charge in [0, 0.05) is 20.2 Å². The molecule has 1 rings (SSSR count). The van der Waals surface area contributed by atoms with Crippen LogP contribution in [0.4, 0.5) is 0 Å². The lowest BCUT2D eigenvalue weighted by atomic mass is 10.2. The third-order valence-electron chi connectivity index (χ3n) is 2.80. The van der Waals surface area contributed by atoms with Crippen LogP contribution in [0.2, 0.25) is 0 Å². The van der Waals surface area contributed by atoms with Gasteiger partial charge in [-0.3, -0.25) is 0 Å². The van der Waals surface area contributed by atoms with Crippen molar-refractivity contribution in [1.82, 2.24) is 4.31 Å². The molecule has 1 N–H and O–H groups in total. The predicted molar refractivity (Wildman–Crippen MR) is 75.5 cm³/mol. The second-order valence-electron chi connectivity index (χ2n) is 4.11. The zero-order chi connectivity index (χ0) is 15.9. The normalized spacial score (nSPS) is 11.6. The van der Waals surface area contributed by atoms with Crippen LogP contribution in [0.25, 0.3) is 0 Å². The highest BCUT2D eigenvalue weighted by molar-refractivity contribution is 7.89. The zero-order valence-corrected chi connectivity index (χ0v) is 12.8. The number of methoxy groups -OCH3 is 2. The zero-order valence-electron chi connectivity index (χ0n) is 12.0. The van der Waals surface area contributed by atoms with Crippen LogP contribution in [-0.2, 0) is 19.5 Å². The van der Waals surface area contributed by atoms with Crippen molar-refractivity contribution in [3.63, 3.8) is 0 Å². The first-order valence-electron chi connectivity index (χ1n) is 6.26. The molecule has 0 unspecified atom stereocenters. The van der Waals surface area contributed by atoms with Gasteiger partial charge >= 0.3 is 5.97 Å². The number of sulfonamides is 1. The van der Waals surface area contributed by atoms with Crippen molar-refractivity contribution in [2.24, 2.45) is 0 Å². The van der Waals surface area contributed by atoms with E-state index in [-0.39, 0.29) is 36.8 Å². The maximum Gasteiger partial charge on any atom is 0.339 e. The van der Waals surface area contributed by atoms with Crippen LogP contribution in [0.5, 0.6) is 0 Å². The first-order chi connectivity index (χ1) is 9.98. The monoisotopic (exact) mass is 317 g/mol. The van der Waals surface area contributed by atoms with Gasteiger partial charge in [0.2, 0.25) is 10.0 Å². The maximum absolute atomic E-state index is 12.6. The number of ether oxygens (including phenoxy) is 2. The highest BCUT2D eigenvalue weighted by atomic mass is 32.2. The standard InChI is InChI=1S/C13H19NO6S/c1-19-10-8-14(7-9-15)21(17,18)12-6-4-3-5-11(12)13(16)20-2/h3-6,15H,7-10H2,1-2H3. The number of aliphatic hydroxyl groups excluding tert-OH is 1. The molecule has 0 aliphatic rings. The lowest BCUT2D eigenvalue weighted by molar-refractivity contribution is 0.0596. The van der Waals surface area contributed by atoms with Crippen LogP contribution >= 0.6 is 0 Å². The summed E-state index contributed by atoms with van der Waals surface area (Å²) >= 11 is 0. The van der Waals surface area contributed by atoms with Gasteiger partial charge in [0.25, 0.3) is 0 Å². The molecule has 0 aliphatic heterocycles. The molecule has 118 valence electrons. The van der Waals surface area contributed by atoms with Gasteiger partial charge in [-0.2, -0.15) is 4.31 Å². The van der Waals surface area contributed by atoms with Crippen molar-refractivity contribution in [2.75, 3.05) is 40.5 Å². The number of carbonyl (C=O) groups is 1. The van der Waals surface area contributed by atoms with E-state index in [1.54, 1.807) is 6.07 Å². The number of hydrogen-bond acceptors (Lipinski definition) is 6. The Balaban J connectivity index is 3.24. The van der Waals surface area contributed by atoms with Crippen molar-refractivity contribution in [1.29, 1.82) is 0 Å². The minimum absolute atomic E-state index is 0.0413. The van der Waals surface area contributed by atoms with Gasteiger partial charge in [-0.1, -0.05) is 12.1 Å². The molecule has 8 heteroatoms. The van der Waals surface area contributed by atoms with E-state index in [0.717, 1.165) is 4.31 Å². The van der Waals surface area contributed by atoms with Gasteiger partial charge < -0.3 is 14.6 Å². The minimum Gasteiger partial charge on any atom is -0.465 e. The van der Waals surface area contributed by atoms with Gasteiger partial charge in [0.15, 0.2) is 0 Å². The summed E-state index contributed by atoms with van der Waals surface area (Å²) in [5, 5.41) is 9.03. The van der Waals surface area contributed by atoms with Crippen LogP contribution in [-0.4, -0.2) is 64.3 Å². The van der Waals surface area contributed by atoms with E-state index in [1.807, 2.05) is 0 Å². The summed E-state index contributed by atoms with van der Waals surface area (Å²) in [4.78, 5) is 11.5. The number of aliphatic hydroxyl groups is 1. The molecule has 0 heterocycles. The van der Waals surface area contributed by atoms with Crippen molar-refractivity contribution < 1.29 is 27.8 Å². The number of rotatable bonds is 8. The Morgan fingerprint density at radius 1 is 1.24 bits per heavy atom. The number of carbonyl (C=O) groups excluding carboxylic acids is 1. The highest BCUT2D eigenvalue weighted by Crippen LogP contribution is 2.20. The fraction of sp³-hybridized carbons (Fsp3) is 0.462. The Labute approximate surface area is 124 Å². The van der Waals surface area contributed by atoms with E-state index in [2.05, 4.69) is 4.74 Å². The van der Waals surface area contributed by atoms with E-state index < -0.39 is 16.0 Å². The lowest BCUT2D eigenvalue weighted by Gasteiger charge is -2.22. The van der Waals surface area contributed by atoms with Gasteiger partial charge in [0.1, 0.15) is 0 Å². The molecule has 0 spiro atoms. The molecule has 7 nitrogen and oxygen atoms in total. The van der Waals surface area contributed by atoms with Gasteiger partial charge in [-0.25, -0.2) is 13.2 Å². The summed E-state index contributed by atoms with van der Waals surface area (Å²) < 4.78 is 35.8. The quantitative estimate of drug-likeness (QED) is 0.684.